The van der Waals surface area contributed by atoms with E-state index in [9.17, 15) is 4.79 Å². The predicted octanol–water partition coefficient (Wildman–Crippen LogP) is 3.33. The van der Waals surface area contributed by atoms with Gasteiger partial charge in [0.2, 0.25) is 5.91 Å². The van der Waals surface area contributed by atoms with E-state index in [4.69, 9.17) is 5.73 Å². The number of benzene rings is 2. The molecule has 0 saturated heterocycles. The van der Waals surface area contributed by atoms with Crippen molar-refractivity contribution in [3.63, 3.8) is 0 Å². The summed E-state index contributed by atoms with van der Waals surface area (Å²) in [5.74, 6) is 0.0527. The molecule has 3 rings (SSSR count). The Morgan fingerprint density at radius 3 is 2.75 bits per heavy atom. The number of amides is 1. The second-order valence-electron chi connectivity index (χ2n) is 5.06. The SMILES string of the molecule is CN(C(=O)C1Cc2ccccc21)c1ccc(Br)cc1N. The molecule has 0 aromatic heterocycles. The van der Waals surface area contributed by atoms with E-state index in [0.717, 1.165) is 22.1 Å². The Hall–Kier alpha value is -1.81. The topological polar surface area (TPSA) is 46.3 Å². The minimum atomic E-state index is -0.0424. The molecule has 1 aliphatic rings. The van der Waals surface area contributed by atoms with E-state index in [1.165, 1.54) is 5.56 Å². The van der Waals surface area contributed by atoms with Gasteiger partial charge >= 0.3 is 0 Å². The summed E-state index contributed by atoms with van der Waals surface area (Å²) in [7, 11) is 1.78. The summed E-state index contributed by atoms with van der Waals surface area (Å²) >= 11 is 3.37. The van der Waals surface area contributed by atoms with Crippen molar-refractivity contribution in [3.05, 3.63) is 58.1 Å². The maximum absolute atomic E-state index is 12.6. The van der Waals surface area contributed by atoms with Gasteiger partial charge in [-0.2, -0.15) is 0 Å². The standard InChI is InChI=1S/C16H15BrN2O/c1-19(15-7-6-11(17)9-14(15)18)16(20)13-8-10-4-2-3-5-12(10)13/h2-7,9,13H,8,18H2,1H3. The van der Waals surface area contributed by atoms with E-state index < -0.39 is 0 Å². The van der Waals surface area contributed by atoms with Crippen LogP contribution in [-0.4, -0.2) is 13.0 Å². The minimum Gasteiger partial charge on any atom is -0.397 e. The molecule has 0 heterocycles. The Balaban J connectivity index is 1.85. The molecular formula is C16H15BrN2O. The molecule has 0 spiro atoms. The summed E-state index contributed by atoms with van der Waals surface area (Å²) in [5.41, 5.74) is 9.75. The van der Waals surface area contributed by atoms with Gasteiger partial charge < -0.3 is 10.6 Å². The van der Waals surface area contributed by atoms with Crippen molar-refractivity contribution in [2.75, 3.05) is 17.7 Å². The van der Waals surface area contributed by atoms with Crippen LogP contribution >= 0.6 is 15.9 Å². The zero-order valence-corrected chi connectivity index (χ0v) is 12.7. The number of rotatable bonds is 2. The van der Waals surface area contributed by atoms with Crippen LogP contribution in [0, 0.1) is 0 Å². The third-order valence-electron chi connectivity index (χ3n) is 3.83. The first-order valence-corrected chi connectivity index (χ1v) is 7.27. The number of hydrogen-bond donors (Lipinski definition) is 1. The molecule has 20 heavy (non-hydrogen) atoms. The second-order valence-corrected chi connectivity index (χ2v) is 5.97. The lowest BCUT2D eigenvalue weighted by Gasteiger charge is -2.32. The Bertz CT molecular complexity index is 684. The van der Waals surface area contributed by atoms with Crippen LogP contribution in [-0.2, 0) is 11.2 Å². The zero-order valence-electron chi connectivity index (χ0n) is 11.1. The smallest absolute Gasteiger partial charge is 0.234 e. The molecule has 2 aromatic rings. The summed E-state index contributed by atoms with van der Waals surface area (Å²) in [6, 6.07) is 13.7. The van der Waals surface area contributed by atoms with Gasteiger partial charge in [0.25, 0.3) is 0 Å². The van der Waals surface area contributed by atoms with Gasteiger partial charge in [-0.25, -0.2) is 0 Å². The molecule has 1 aliphatic carbocycles. The van der Waals surface area contributed by atoms with Crippen molar-refractivity contribution in [2.24, 2.45) is 0 Å². The molecule has 2 N–H and O–H groups in total. The van der Waals surface area contributed by atoms with E-state index in [-0.39, 0.29) is 11.8 Å². The highest BCUT2D eigenvalue weighted by Crippen LogP contribution is 2.37. The number of nitrogen functional groups attached to an aromatic ring is 1. The second kappa shape index (κ2) is 4.94. The van der Waals surface area contributed by atoms with Crippen molar-refractivity contribution in [1.82, 2.24) is 0 Å². The maximum atomic E-state index is 12.6. The fourth-order valence-electron chi connectivity index (χ4n) is 2.66. The molecule has 0 fully saturated rings. The lowest BCUT2D eigenvalue weighted by Crippen LogP contribution is -2.37. The summed E-state index contributed by atoms with van der Waals surface area (Å²) in [6.45, 7) is 0. The first-order chi connectivity index (χ1) is 9.58. The predicted molar refractivity (Wildman–Crippen MR) is 84.9 cm³/mol. The quantitative estimate of drug-likeness (QED) is 0.858. The Morgan fingerprint density at radius 2 is 2.05 bits per heavy atom. The van der Waals surface area contributed by atoms with Crippen molar-refractivity contribution >= 4 is 33.2 Å². The zero-order chi connectivity index (χ0) is 14.3. The van der Waals surface area contributed by atoms with Crippen LogP contribution in [0.4, 0.5) is 11.4 Å². The van der Waals surface area contributed by atoms with Crippen LogP contribution in [0.3, 0.4) is 0 Å². The molecule has 102 valence electrons. The Kier molecular flexibility index (Phi) is 3.26. The van der Waals surface area contributed by atoms with E-state index in [2.05, 4.69) is 22.0 Å². The van der Waals surface area contributed by atoms with Gasteiger partial charge in [0.05, 0.1) is 17.3 Å². The van der Waals surface area contributed by atoms with E-state index in [1.807, 2.05) is 36.4 Å². The number of anilines is 2. The van der Waals surface area contributed by atoms with Gasteiger partial charge in [0.15, 0.2) is 0 Å². The Morgan fingerprint density at radius 1 is 1.30 bits per heavy atom. The summed E-state index contributed by atoms with van der Waals surface area (Å²) < 4.78 is 0.911. The van der Waals surface area contributed by atoms with E-state index in [0.29, 0.717) is 5.69 Å². The number of carbonyl (C=O) groups excluding carboxylic acids is 1. The minimum absolute atomic E-state index is 0.0424. The van der Waals surface area contributed by atoms with Crippen molar-refractivity contribution in [1.29, 1.82) is 0 Å². The normalized spacial score (nSPS) is 16.2. The van der Waals surface area contributed by atoms with Crippen LogP contribution in [0.25, 0.3) is 0 Å². The monoisotopic (exact) mass is 330 g/mol. The molecule has 4 heteroatoms. The average molecular weight is 331 g/mol. The summed E-state index contributed by atoms with van der Waals surface area (Å²) in [5, 5.41) is 0. The maximum Gasteiger partial charge on any atom is 0.234 e. The number of nitrogens with zero attached hydrogens (tertiary/aromatic N) is 1. The van der Waals surface area contributed by atoms with E-state index >= 15 is 0 Å². The number of carbonyl (C=O) groups is 1. The van der Waals surface area contributed by atoms with Crippen LogP contribution in [0.1, 0.15) is 17.0 Å². The van der Waals surface area contributed by atoms with Crippen LogP contribution in [0.5, 0.6) is 0 Å². The number of nitrogens with two attached hydrogens (primary N) is 1. The van der Waals surface area contributed by atoms with Crippen molar-refractivity contribution in [2.45, 2.75) is 12.3 Å². The van der Waals surface area contributed by atoms with Gasteiger partial charge in [-0.05, 0) is 35.7 Å². The van der Waals surface area contributed by atoms with Crippen molar-refractivity contribution < 1.29 is 4.79 Å². The Labute approximate surface area is 126 Å². The van der Waals surface area contributed by atoms with Gasteiger partial charge in [0.1, 0.15) is 0 Å². The highest BCUT2D eigenvalue weighted by atomic mass is 79.9. The summed E-state index contributed by atoms with van der Waals surface area (Å²) in [6.07, 6.45) is 0.815. The lowest BCUT2D eigenvalue weighted by molar-refractivity contribution is -0.120. The highest BCUT2D eigenvalue weighted by molar-refractivity contribution is 9.10. The molecule has 1 amide bonds. The molecule has 1 atom stereocenters. The van der Waals surface area contributed by atoms with Gasteiger partial charge in [-0.1, -0.05) is 40.2 Å². The molecule has 0 bridgehead atoms. The fraction of sp³-hybridized carbons (Fsp3) is 0.188. The molecule has 0 radical (unpaired) electrons. The van der Waals surface area contributed by atoms with Gasteiger partial charge in [-0.3, -0.25) is 4.79 Å². The molecule has 0 saturated carbocycles. The lowest BCUT2D eigenvalue weighted by atomic mass is 9.77. The summed E-state index contributed by atoms with van der Waals surface area (Å²) in [4.78, 5) is 14.2. The van der Waals surface area contributed by atoms with Gasteiger partial charge in [0, 0.05) is 11.5 Å². The first kappa shape index (κ1) is 13.2. The van der Waals surface area contributed by atoms with Crippen LogP contribution in [0.2, 0.25) is 0 Å². The molecule has 3 nitrogen and oxygen atoms in total. The molecule has 1 unspecified atom stereocenters. The fourth-order valence-corrected chi connectivity index (χ4v) is 3.04. The highest BCUT2D eigenvalue weighted by Gasteiger charge is 2.34. The van der Waals surface area contributed by atoms with Crippen LogP contribution < -0.4 is 10.6 Å². The number of fused-ring (bicyclic) bond motifs is 1. The van der Waals surface area contributed by atoms with Gasteiger partial charge in [-0.15, -0.1) is 0 Å². The number of likely N-dealkylation sites (N-methyl/N-ethyl adjacent to an activating group) is 1. The average Bonchev–Trinajstić information content (AvgIpc) is 2.39. The third-order valence-corrected chi connectivity index (χ3v) is 4.33. The van der Waals surface area contributed by atoms with Crippen LogP contribution in [0.15, 0.2) is 46.9 Å². The third kappa shape index (κ3) is 2.10. The molecule has 0 aliphatic heterocycles. The van der Waals surface area contributed by atoms with E-state index in [1.54, 1.807) is 11.9 Å². The first-order valence-electron chi connectivity index (χ1n) is 6.48. The van der Waals surface area contributed by atoms with Crippen molar-refractivity contribution in [3.8, 4) is 0 Å². The largest absolute Gasteiger partial charge is 0.397 e. The number of hydrogen-bond acceptors (Lipinski definition) is 2. The molecule has 2 aromatic carbocycles. The number of halogens is 1. The molecular weight excluding hydrogens is 316 g/mol.